The van der Waals surface area contributed by atoms with Crippen LogP contribution < -0.4 is 0 Å². The van der Waals surface area contributed by atoms with Crippen molar-refractivity contribution in [1.82, 2.24) is 15.1 Å². The first kappa shape index (κ1) is 19.4. The Balaban J connectivity index is 1.44. The Bertz CT molecular complexity index is 751. The molecule has 138 valence electrons. The van der Waals surface area contributed by atoms with Gasteiger partial charge in [0, 0.05) is 18.7 Å². The quantitative estimate of drug-likeness (QED) is 0.513. The maximum absolute atomic E-state index is 12.3. The van der Waals surface area contributed by atoms with Gasteiger partial charge in [-0.3, -0.25) is 9.59 Å². The van der Waals surface area contributed by atoms with E-state index in [1.807, 2.05) is 35.2 Å². The van der Waals surface area contributed by atoms with Crippen LogP contribution in [0.5, 0.6) is 0 Å². The average molecular weight is 408 g/mol. The molecule has 1 aliphatic heterocycles. The van der Waals surface area contributed by atoms with Gasteiger partial charge >= 0.3 is 0 Å². The number of likely N-dealkylation sites (tertiary alicyclic amines) is 1. The number of amides is 1. The van der Waals surface area contributed by atoms with Gasteiger partial charge in [0.25, 0.3) is 0 Å². The normalized spacial score (nSPS) is 17.3. The summed E-state index contributed by atoms with van der Waals surface area (Å²) in [6.07, 6.45) is 2.29. The lowest BCUT2D eigenvalue weighted by molar-refractivity contribution is -0.130. The third-order valence-electron chi connectivity index (χ3n) is 4.14. The first-order valence-electron chi connectivity index (χ1n) is 8.57. The third kappa shape index (κ3) is 5.56. The van der Waals surface area contributed by atoms with Crippen LogP contribution in [0.25, 0.3) is 0 Å². The lowest BCUT2D eigenvalue weighted by atomic mass is 10.0. The Morgan fingerprint density at radius 3 is 2.54 bits per heavy atom. The molecule has 0 N–H and O–H groups in total. The third-order valence-corrected chi connectivity index (χ3v) is 7.31. The summed E-state index contributed by atoms with van der Waals surface area (Å²) in [5.74, 6) is 1.58. The number of hydrogen-bond acceptors (Lipinski definition) is 7. The fourth-order valence-corrected chi connectivity index (χ4v) is 5.60. The lowest BCUT2D eigenvalue weighted by Gasteiger charge is -2.30. The second-order valence-corrected chi connectivity index (χ2v) is 9.71. The summed E-state index contributed by atoms with van der Waals surface area (Å²) in [5, 5.41) is 8.25. The van der Waals surface area contributed by atoms with Crippen LogP contribution in [0.15, 0.2) is 39.0 Å². The molecule has 5 nitrogen and oxygen atoms in total. The van der Waals surface area contributed by atoms with Crippen LogP contribution in [0.1, 0.15) is 30.1 Å². The first-order chi connectivity index (χ1) is 12.6. The van der Waals surface area contributed by atoms with Gasteiger partial charge in [-0.15, -0.1) is 10.2 Å². The van der Waals surface area contributed by atoms with E-state index in [-0.39, 0.29) is 11.7 Å². The molecule has 1 saturated heterocycles. The summed E-state index contributed by atoms with van der Waals surface area (Å²) in [4.78, 5) is 26.4. The SMILES string of the molecule is C[C@@H]1CCCN(C(=O)CSc2nnc(SCC(=O)c3ccccc3)s2)C1. The molecular weight excluding hydrogens is 386 g/mol. The molecule has 0 spiro atoms. The molecule has 1 aromatic heterocycles. The standard InChI is InChI=1S/C18H21N3O2S3/c1-13-6-5-9-21(10-13)16(23)12-25-18-20-19-17(26-18)24-11-15(22)14-7-3-2-4-8-14/h2-4,7-8,13H,5-6,9-12H2,1H3/t13-/m1/s1. The smallest absolute Gasteiger partial charge is 0.233 e. The lowest BCUT2D eigenvalue weighted by Crippen LogP contribution is -2.40. The maximum atomic E-state index is 12.3. The fourth-order valence-electron chi connectivity index (χ4n) is 2.78. The number of rotatable bonds is 7. The minimum Gasteiger partial charge on any atom is -0.342 e. The summed E-state index contributed by atoms with van der Waals surface area (Å²) >= 11 is 4.26. The number of carbonyl (C=O) groups excluding carboxylic acids is 2. The molecule has 8 heteroatoms. The van der Waals surface area contributed by atoms with E-state index in [4.69, 9.17) is 0 Å². The van der Waals surface area contributed by atoms with E-state index in [2.05, 4.69) is 17.1 Å². The largest absolute Gasteiger partial charge is 0.342 e. The second-order valence-electron chi connectivity index (χ2n) is 6.29. The summed E-state index contributed by atoms with van der Waals surface area (Å²) in [6, 6.07) is 9.24. The number of ketones is 1. The number of hydrogen-bond donors (Lipinski definition) is 0. The zero-order chi connectivity index (χ0) is 18.4. The molecule has 1 fully saturated rings. The molecule has 1 aromatic carbocycles. The van der Waals surface area contributed by atoms with Gasteiger partial charge in [-0.05, 0) is 18.8 Å². The van der Waals surface area contributed by atoms with Crippen LogP contribution in [0.4, 0.5) is 0 Å². The number of aromatic nitrogens is 2. The molecule has 1 aliphatic rings. The summed E-state index contributed by atoms with van der Waals surface area (Å²) in [7, 11) is 0. The molecule has 0 radical (unpaired) electrons. The summed E-state index contributed by atoms with van der Waals surface area (Å²) in [6.45, 7) is 3.92. The van der Waals surface area contributed by atoms with E-state index in [0.29, 0.717) is 23.0 Å². The Morgan fingerprint density at radius 1 is 1.15 bits per heavy atom. The molecule has 1 atom stereocenters. The van der Waals surface area contributed by atoms with Gasteiger partial charge in [-0.2, -0.15) is 0 Å². The first-order valence-corrected chi connectivity index (χ1v) is 11.4. The van der Waals surface area contributed by atoms with Crippen molar-refractivity contribution in [2.24, 2.45) is 5.92 Å². The molecule has 0 unspecified atom stereocenters. The van der Waals surface area contributed by atoms with Crippen molar-refractivity contribution < 1.29 is 9.59 Å². The monoisotopic (exact) mass is 407 g/mol. The van der Waals surface area contributed by atoms with Crippen molar-refractivity contribution in [3.8, 4) is 0 Å². The number of piperidine rings is 1. The van der Waals surface area contributed by atoms with E-state index in [1.54, 1.807) is 0 Å². The molecule has 1 amide bonds. The van der Waals surface area contributed by atoms with Crippen molar-refractivity contribution in [2.45, 2.75) is 28.4 Å². The molecule has 2 aromatic rings. The Morgan fingerprint density at radius 2 is 1.85 bits per heavy atom. The number of carbonyl (C=O) groups is 2. The van der Waals surface area contributed by atoms with Gasteiger partial charge in [0.15, 0.2) is 14.5 Å². The topological polar surface area (TPSA) is 63.2 Å². The van der Waals surface area contributed by atoms with Crippen molar-refractivity contribution in [3.05, 3.63) is 35.9 Å². The van der Waals surface area contributed by atoms with E-state index in [9.17, 15) is 9.59 Å². The minimum absolute atomic E-state index is 0.0781. The van der Waals surface area contributed by atoms with E-state index < -0.39 is 0 Å². The minimum atomic E-state index is 0.0781. The van der Waals surface area contributed by atoms with E-state index >= 15 is 0 Å². The van der Waals surface area contributed by atoms with Crippen molar-refractivity contribution >= 4 is 46.6 Å². The number of benzene rings is 1. The molecule has 0 saturated carbocycles. The van der Waals surface area contributed by atoms with Crippen LogP contribution in [0.3, 0.4) is 0 Å². The molecule has 2 heterocycles. The second kappa shape index (κ2) is 9.53. The van der Waals surface area contributed by atoms with Crippen LogP contribution in [-0.4, -0.2) is 51.4 Å². The highest BCUT2D eigenvalue weighted by molar-refractivity contribution is 8.03. The maximum Gasteiger partial charge on any atom is 0.233 e. The highest BCUT2D eigenvalue weighted by Gasteiger charge is 2.21. The number of nitrogens with zero attached hydrogens (tertiary/aromatic N) is 3. The highest BCUT2D eigenvalue weighted by atomic mass is 32.2. The highest BCUT2D eigenvalue weighted by Crippen LogP contribution is 2.29. The van der Waals surface area contributed by atoms with Crippen LogP contribution in [0, 0.1) is 5.92 Å². The fraction of sp³-hybridized carbons (Fsp3) is 0.444. The van der Waals surface area contributed by atoms with Crippen LogP contribution in [0.2, 0.25) is 0 Å². The molecule has 0 bridgehead atoms. The van der Waals surface area contributed by atoms with Crippen LogP contribution in [-0.2, 0) is 4.79 Å². The van der Waals surface area contributed by atoms with Crippen molar-refractivity contribution in [2.75, 3.05) is 24.6 Å². The van der Waals surface area contributed by atoms with Gasteiger partial charge in [-0.25, -0.2) is 0 Å². The number of Topliss-reactive ketones (excluding diaryl/α,β-unsaturated/α-hetero) is 1. The molecular formula is C18H21N3O2S3. The van der Waals surface area contributed by atoms with Crippen molar-refractivity contribution in [3.63, 3.8) is 0 Å². The number of thioether (sulfide) groups is 2. The summed E-state index contributed by atoms with van der Waals surface area (Å²) in [5.41, 5.74) is 0.709. The van der Waals surface area contributed by atoms with Gasteiger partial charge in [0.1, 0.15) is 0 Å². The Kier molecular flexibility index (Phi) is 7.10. The zero-order valence-corrected chi connectivity index (χ0v) is 17.0. The zero-order valence-electron chi connectivity index (χ0n) is 14.6. The average Bonchev–Trinajstić information content (AvgIpc) is 3.13. The molecule has 0 aliphatic carbocycles. The van der Waals surface area contributed by atoms with Crippen molar-refractivity contribution in [1.29, 1.82) is 0 Å². The van der Waals surface area contributed by atoms with Gasteiger partial charge < -0.3 is 4.90 Å². The van der Waals surface area contributed by atoms with Crippen LogP contribution >= 0.6 is 34.9 Å². The Labute approximate surface area is 166 Å². The van der Waals surface area contributed by atoms with Gasteiger partial charge in [0.05, 0.1) is 11.5 Å². The van der Waals surface area contributed by atoms with Gasteiger partial charge in [0.2, 0.25) is 5.91 Å². The molecule has 26 heavy (non-hydrogen) atoms. The molecule has 3 rings (SSSR count). The van der Waals surface area contributed by atoms with E-state index in [0.717, 1.165) is 28.2 Å². The van der Waals surface area contributed by atoms with E-state index in [1.165, 1.54) is 41.3 Å². The predicted octanol–water partition coefficient (Wildman–Crippen LogP) is 3.86. The van der Waals surface area contributed by atoms with Gasteiger partial charge in [-0.1, -0.05) is 72.1 Å². The predicted molar refractivity (Wildman–Crippen MR) is 107 cm³/mol. The summed E-state index contributed by atoms with van der Waals surface area (Å²) < 4.78 is 1.54. The Hall–Kier alpha value is -1.38.